The van der Waals surface area contributed by atoms with Crippen LogP contribution in [0.1, 0.15) is 22.3 Å². The van der Waals surface area contributed by atoms with Crippen LogP contribution >= 0.6 is 11.3 Å². The molecule has 2 aromatic heterocycles. The molecule has 1 fully saturated rings. The minimum absolute atomic E-state index is 0.0197. The van der Waals surface area contributed by atoms with Gasteiger partial charge in [0.05, 0.1) is 20.8 Å². The van der Waals surface area contributed by atoms with Crippen LogP contribution in [0.4, 0.5) is 5.69 Å². The third-order valence-corrected chi connectivity index (χ3v) is 7.15. The van der Waals surface area contributed by atoms with Gasteiger partial charge in [0.25, 0.3) is 0 Å². The van der Waals surface area contributed by atoms with Crippen molar-refractivity contribution in [3.8, 4) is 11.5 Å². The highest BCUT2D eigenvalue weighted by Gasteiger charge is 2.31. The molecule has 9 heteroatoms. The Kier molecular flexibility index (Phi) is 6.73. The van der Waals surface area contributed by atoms with E-state index in [-0.39, 0.29) is 6.04 Å². The van der Waals surface area contributed by atoms with E-state index < -0.39 is 0 Å². The zero-order chi connectivity index (χ0) is 23.3. The van der Waals surface area contributed by atoms with Gasteiger partial charge in [-0.15, -0.1) is 16.4 Å². The smallest absolute Gasteiger partial charge is 0.174 e. The second kappa shape index (κ2) is 10.2. The van der Waals surface area contributed by atoms with E-state index in [1.54, 1.807) is 25.6 Å². The fraction of sp³-hybridized carbons (Fsp3) is 0.320. The molecule has 0 unspecified atom stereocenters. The Balaban J connectivity index is 1.35. The van der Waals surface area contributed by atoms with E-state index in [4.69, 9.17) is 9.47 Å². The number of nitrogens with zero attached hydrogens (tertiary/aromatic N) is 6. The van der Waals surface area contributed by atoms with Gasteiger partial charge in [-0.3, -0.25) is 4.90 Å². The number of rotatable bonds is 8. The molecule has 0 N–H and O–H groups in total. The van der Waals surface area contributed by atoms with Crippen LogP contribution in [-0.2, 0) is 6.54 Å². The maximum absolute atomic E-state index is 5.30. The van der Waals surface area contributed by atoms with Gasteiger partial charge in [-0.2, -0.15) is 0 Å². The van der Waals surface area contributed by atoms with Crippen LogP contribution in [0.25, 0.3) is 0 Å². The maximum Gasteiger partial charge on any atom is 0.174 e. The van der Waals surface area contributed by atoms with Crippen molar-refractivity contribution in [3.05, 3.63) is 82.3 Å². The number of anilines is 1. The highest BCUT2D eigenvalue weighted by atomic mass is 32.1. The highest BCUT2D eigenvalue weighted by Crippen LogP contribution is 2.32. The molecule has 0 spiro atoms. The summed E-state index contributed by atoms with van der Waals surface area (Å²) in [4.78, 5) is 6.16. The van der Waals surface area contributed by atoms with E-state index in [1.165, 1.54) is 10.6 Å². The molecule has 1 saturated heterocycles. The number of ether oxygens (including phenoxy) is 2. The number of hydrogen-bond acceptors (Lipinski definition) is 8. The largest absolute Gasteiger partial charge is 0.497 e. The van der Waals surface area contributed by atoms with Crippen LogP contribution < -0.4 is 14.4 Å². The summed E-state index contributed by atoms with van der Waals surface area (Å²) in [5, 5.41) is 15.0. The van der Waals surface area contributed by atoms with Gasteiger partial charge in [-0.05, 0) is 63.8 Å². The summed E-state index contributed by atoms with van der Waals surface area (Å²) in [7, 11) is 3.37. The molecule has 1 atom stereocenters. The first kappa shape index (κ1) is 22.4. The molecule has 1 aliphatic rings. The summed E-state index contributed by atoms with van der Waals surface area (Å²) >= 11 is 1.75. The molecule has 0 amide bonds. The van der Waals surface area contributed by atoms with E-state index in [0.29, 0.717) is 6.54 Å². The molecule has 0 saturated carbocycles. The van der Waals surface area contributed by atoms with E-state index in [9.17, 15) is 0 Å². The predicted octanol–water partition coefficient (Wildman–Crippen LogP) is 3.71. The van der Waals surface area contributed by atoms with Crippen molar-refractivity contribution >= 4 is 17.0 Å². The molecular formula is C25H28N6O2S. The summed E-state index contributed by atoms with van der Waals surface area (Å²) < 4.78 is 12.5. The lowest BCUT2D eigenvalue weighted by molar-refractivity contribution is 0.204. The molecular weight excluding hydrogens is 448 g/mol. The molecule has 5 rings (SSSR count). The zero-order valence-electron chi connectivity index (χ0n) is 19.4. The highest BCUT2D eigenvalue weighted by molar-refractivity contribution is 7.10. The third kappa shape index (κ3) is 4.76. The van der Waals surface area contributed by atoms with Gasteiger partial charge >= 0.3 is 0 Å². The Morgan fingerprint density at radius 3 is 2.18 bits per heavy atom. The SMILES string of the molecule is COc1ccc(Cn2nnnc2[C@@H](c2cccs2)N2CCN(c3ccc(OC)cc3)CC2)cc1. The van der Waals surface area contributed by atoms with Crippen molar-refractivity contribution in [2.75, 3.05) is 45.3 Å². The first-order chi connectivity index (χ1) is 16.7. The molecule has 3 heterocycles. The Bertz CT molecular complexity index is 1170. The fourth-order valence-corrected chi connectivity index (χ4v) is 5.23. The van der Waals surface area contributed by atoms with Crippen molar-refractivity contribution in [2.24, 2.45) is 0 Å². The molecule has 0 aliphatic carbocycles. The van der Waals surface area contributed by atoms with Crippen molar-refractivity contribution in [3.63, 3.8) is 0 Å². The molecule has 176 valence electrons. The van der Waals surface area contributed by atoms with Crippen LogP contribution in [0.3, 0.4) is 0 Å². The Labute approximate surface area is 203 Å². The quantitative estimate of drug-likeness (QED) is 0.384. The molecule has 8 nitrogen and oxygen atoms in total. The Hall–Kier alpha value is -3.43. The summed E-state index contributed by atoms with van der Waals surface area (Å²) in [6.45, 7) is 4.33. The lowest BCUT2D eigenvalue weighted by atomic mass is 10.1. The molecule has 0 bridgehead atoms. The van der Waals surface area contributed by atoms with E-state index >= 15 is 0 Å². The minimum Gasteiger partial charge on any atom is -0.497 e. The van der Waals surface area contributed by atoms with Gasteiger partial charge < -0.3 is 14.4 Å². The van der Waals surface area contributed by atoms with Crippen molar-refractivity contribution in [1.29, 1.82) is 0 Å². The van der Waals surface area contributed by atoms with E-state index in [0.717, 1.165) is 49.1 Å². The van der Waals surface area contributed by atoms with Crippen molar-refractivity contribution in [1.82, 2.24) is 25.1 Å². The van der Waals surface area contributed by atoms with Crippen LogP contribution in [0.2, 0.25) is 0 Å². The third-order valence-electron chi connectivity index (χ3n) is 6.23. The van der Waals surface area contributed by atoms with Gasteiger partial charge in [-0.1, -0.05) is 18.2 Å². The monoisotopic (exact) mass is 476 g/mol. The van der Waals surface area contributed by atoms with Crippen LogP contribution in [-0.4, -0.2) is 65.5 Å². The lowest BCUT2D eigenvalue weighted by Crippen LogP contribution is -2.48. The topological polar surface area (TPSA) is 68.5 Å². The maximum atomic E-state index is 5.30. The van der Waals surface area contributed by atoms with Crippen LogP contribution in [0, 0.1) is 0 Å². The van der Waals surface area contributed by atoms with Gasteiger partial charge in [0.2, 0.25) is 0 Å². The molecule has 34 heavy (non-hydrogen) atoms. The van der Waals surface area contributed by atoms with Crippen molar-refractivity contribution in [2.45, 2.75) is 12.6 Å². The fourth-order valence-electron chi connectivity index (χ4n) is 4.37. The Morgan fingerprint density at radius 2 is 1.56 bits per heavy atom. The summed E-state index contributed by atoms with van der Waals surface area (Å²) in [5.41, 5.74) is 2.35. The standard InChI is InChI=1S/C25H28N6O2S/c1-32-21-9-5-19(6-10-21)18-31-25(26-27-28-31)24(23-4-3-17-34-23)30-15-13-29(14-16-30)20-7-11-22(33-2)12-8-20/h3-12,17,24H,13-16,18H2,1-2H3/t24-/m1/s1. The molecule has 4 aromatic rings. The number of aromatic nitrogens is 4. The molecule has 1 aliphatic heterocycles. The van der Waals surface area contributed by atoms with Gasteiger partial charge in [0.1, 0.15) is 17.5 Å². The van der Waals surface area contributed by atoms with E-state index in [2.05, 4.69) is 67.1 Å². The molecule has 0 radical (unpaired) electrons. The van der Waals surface area contributed by atoms with Crippen LogP contribution in [0.15, 0.2) is 66.0 Å². The van der Waals surface area contributed by atoms with Gasteiger partial charge in [0, 0.05) is 36.7 Å². The lowest BCUT2D eigenvalue weighted by Gasteiger charge is -2.39. The second-order valence-corrected chi connectivity index (χ2v) is 9.16. The first-order valence-electron chi connectivity index (χ1n) is 11.3. The normalized spacial score (nSPS) is 15.3. The number of benzene rings is 2. The number of tetrazole rings is 1. The van der Waals surface area contributed by atoms with Gasteiger partial charge in [0.15, 0.2) is 5.82 Å². The predicted molar refractivity (Wildman–Crippen MR) is 133 cm³/mol. The minimum atomic E-state index is 0.0197. The first-order valence-corrected chi connectivity index (χ1v) is 12.2. The van der Waals surface area contributed by atoms with Crippen LogP contribution in [0.5, 0.6) is 11.5 Å². The molecule has 2 aromatic carbocycles. The number of hydrogen-bond donors (Lipinski definition) is 0. The van der Waals surface area contributed by atoms with Gasteiger partial charge in [-0.25, -0.2) is 4.68 Å². The number of methoxy groups -OCH3 is 2. The summed E-state index contributed by atoms with van der Waals surface area (Å²) in [5.74, 6) is 2.59. The van der Waals surface area contributed by atoms with Crippen molar-refractivity contribution < 1.29 is 9.47 Å². The van der Waals surface area contributed by atoms with E-state index in [1.807, 2.05) is 28.9 Å². The average Bonchev–Trinajstić information content (AvgIpc) is 3.59. The number of piperazine rings is 1. The summed E-state index contributed by atoms with van der Waals surface area (Å²) in [6, 6.07) is 20.6. The number of thiophene rings is 1. The Morgan fingerprint density at radius 1 is 0.882 bits per heavy atom. The second-order valence-electron chi connectivity index (χ2n) is 8.18. The zero-order valence-corrected chi connectivity index (χ0v) is 20.2. The average molecular weight is 477 g/mol. The summed E-state index contributed by atoms with van der Waals surface area (Å²) in [6.07, 6.45) is 0.